The van der Waals surface area contributed by atoms with Gasteiger partial charge in [-0.25, -0.2) is 0 Å². The van der Waals surface area contributed by atoms with Crippen LogP contribution in [-0.4, -0.2) is 52.2 Å². The molecular formula is C17H24N2O2S. The first-order chi connectivity index (χ1) is 10.7. The highest BCUT2D eigenvalue weighted by Crippen LogP contribution is 2.27. The Morgan fingerprint density at radius 3 is 2.95 bits per heavy atom. The molecule has 0 aliphatic carbocycles. The lowest BCUT2D eigenvalue weighted by Crippen LogP contribution is -2.49. The minimum Gasteiger partial charge on any atom is -0.387 e. The Morgan fingerprint density at radius 2 is 2.23 bits per heavy atom. The Bertz CT molecular complexity index is 503. The van der Waals surface area contributed by atoms with E-state index in [0.29, 0.717) is 6.54 Å². The maximum absolute atomic E-state index is 12.5. The van der Waals surface area contributed by atoms with E-state index in [1.165, 1.54) is 5.56 Å². The van der Waals surface area contributed by atoms with Gasteiger partial charge in [-0.15, -0.1) is 0 Å². The minimum atomic E-state index is -0.705. The molecule has 1 aromatic rings. The van der Waals surface area contributed by atoms with E-state index in [9.17, 15) is 9.90 Å². The van der Waals surface area contributed by atoms with Crippen LogP contribution < -0.4 is 5.32 Å². The molecule has 120 valence electrons. The van der Waals surface area contributed by atoms with Crippen LogP contribution in [0.1, 0.15) is 24.8 Å². The summed E-state index contributed by atoms with van der Waals surface area (Å²) in [5, 5.41) is 13.3. The number of benzene rings is 1. The molecule has 2 atom stereocenters. The molecule has 2 saturated heterocycles. The Kier molecular flexibility index (Phi) is 5.06. The number of likely N-dealkylation sites (tertiary alicyclic amines) is 1. The molecule has 1 amide bonds. The van der Waals surface area contributed by atoms with E-state index in [0.717, 1.165) is 43.9 Å². The number of nitrogens with one attached hydrogen (secondary N) is 1. The summed E-state index contributed by atoms with van der Waals surface area (Å²) in [6.07, 6.45) is 2.74. The molecule has 4 nitrogen and oxygen atoms in total. The van der Waals surface area contributed by atoms with Gasteiger partial charge in [-0.3, -0.25) is 9.69 Å². The summed E-state index contributed by atoms with van der Waals surface area (Å²) < 4.78 is 0. The number of carbonyl (C=O) groups is 1. The van der Waals surface area contributed by atoms with Crippen molar-refractivity contribution in [2.45, 2.75) is 37.5 Å². The lowest BCUT2D eigenvalue weighted by molar-refractivity contribution is -0.126. The molecule has 2 heterocycles. The second-order valence-corrected chi connectivity index (χ2v) is 7.46. The van der Waals surface area contributed by atoms with Gasteiger partial charge in [-0.05, 0) is 37.1 Å². The summed E-state index contributed by atoms with van der Waals surface area (Å²) in [5.41, 5.74) is 0.538. The van der Waals surface area contributed by atoms with Crippen LogP contribution in [-0.2, 0) is 11.3 Å². The Balaban J connectivity index is 1.54. The van der Waals surface area contributed by atoms with E-state index >= 15 is 0 Å². The largest absolute Gasteiger partial charge is 0.387 e. The van der Waals surface area contributed by atoms with Gasteiger partial charge in [0.1, 0.15) is 0 Å². The van der Waals surface area contributed by atoms with Crippen molar-refractivity contribution in [1.29, 1.82) is 0 Å². The molecule has 2 aliphatic heterocycles. The molecule has 0 saturated carbocycles. The molecule has 5 heteroatoms. The van der Waals surface area contributed by atoms with Gasteiger partial charge >= 0.3 is 0 Å². The van der Waals surface area contributed by atoms with Crippen LogP contribution in [0.3, 0.4) is 0 Å². The quantitative estimate of drug-likeness (QED) is 0.866. The molecule has 0 aromatic heterocycles. The predicted molar refractivity (Wildman–Crippen MR) is 89.8 cm³/mol. The Labute approximate surface area is 136 Å². The fourth-order valence-corrected chi connectivity index (χ4v) is 4.53. The molecule has 0 bridgehead atoms. The topological polar surface area (TPSA) is 52.6 Å². The molecule has 2 fully saturated rings. The first-order valence-electron chi connectivity index (χ1n) is 8.02. The average molecular weight is 320 g/mol. The Morgan fingerprint density at radius 1 is 1.41 bits per heavy atom. The summed E-state index contributed by atoms with van der Waals surface area (Å²) >= 11 is 1.76. The van der Waals surface area contributed by atoms with E-state index in [4.69, 9.17) is 0 Å². The third-order valence-corrected chi connectivity index (χ3v) is 5.80. The van der Waals surface area contributed by atoms with Crippen molar-refractivity contribution in [1.82, 2.24) is 10.2 Å². The molecule has 22 heavy (non-hydrogen) atoms. The third kappa shape index (κ3) is 3.83. The van der Waals surface area contributed by atoms with E-state index in [1.54, 1.807) is 11.8 Å². The normalized spacial score (nSPS) is 28.9. The van der Waals surface area contributed by atoms with Gasteiger partial charge in [0.15, 0.2) is 0 Å². The SMILES string of the molecule is O=C(NCC1(O)CCSC1)C1CCCN1Cc1ccccc1. The summed E-state index contributed by atoms with van der Waals surface area (Å²) in [6, 6.07) is 10.2. The minimum absolute atomic E-state index is 0.0575. The summed E-state index contributed by atoms with van der Waals surface area (Å²) in [4.78, 5) is 14.7. The van der Waals surface area contributed by atoms with Gasteiger partial charge < -0.3 is 10.4 Å². The van der Waals surface area contributed by atoms with Crippen molar-refractivity contribution >= 4 is 17.7 Å². The zero-order valence-electron chi connectivity index (χ0n) is 12.8. The van der Waals surface area contributed by atoms with Crippen molar-refractivity contribution in [2.24, 2.45) is 0 Å². The zero-order valence-corrected chi connectivity index (χ0v) is 13.6. The number of carbonyl (C=O) groups excluding carboxylic acids is 1. The summed E-state index contributed by atoms with van der Waals surface area (Å²) in [6.45, 7) is 2.17. The van der Waals surface area contributed by atoms with Gasteiger partial charge in [0.05, 0.1) is 11.6 Å². The first-order valence-corrected chi connectivity index (χ1v) is 9.18. The number of hydrogen-bond donors (Lipinski definition) is 2. The van der Waals surface area contributed by atoms with Crippen LogP contribution >= 0.6 is 11.8 Å². The van der Waals surface area contributed by atoms with Crippen molar-refractivity contribution in [3.8, 4) is 0 Å². The molecule has 2 N–H and O–H groups in total. The van der Waals surface area contributed by atoms with E-state index in [1.807, 2.05) is 18.2 Å². The van der Waals surface area contributed by atoms with E-state index in [2.05, 4.69) is 22.3 Å². The van der Waals surface area contributed by atoms with E-state index in [-0.39, 0.29) is 11.9 Å². The maximum atomic E-state index is 12.5. The fourth-order valence-electron chi connectivity index (χ4n) is 3.24. The number of aliphatic hydroxyl groups is 1. The molecule has 1 aromatic carbocycles. The lowest BCUT2D eigenvalue weighted by atomic mass is 10.0. The standard InChI is InChI=1S/C17H24N2O2S/c20-16(18-12-17(21)8-10-22-13-17)15-7-4-9-19(15)11-14-5-2-1-3-6-14/h1-3,5-6,15,21H,4,7-13H2,(H,18,20). The summed E-state index contributed by atoms with van der Waals surface area (Å²) in [5.74, 6) is 1.78. The average Bonchev–Trinajstić information content (AvgIpc) is 3.16. The van der Waals surface area contributed by atoms with Crippen LogP contribution in [0, 0.1) is 0 Å². The monoisotopic (exact) mass is 320 g/mol. The van der Waals surface area contributed by atoms with Crippen molar-refractivity contribution in [3.63, 3.8) is 0 Å². The Hall–Kier alpha value is -1.04. The van der Waals surface area contributed by atoms with Gasteiger partial charge in [-0.1, -0.05) is 30.3 Å². The van der Waals surface area contributed by atoms with E-state index < -0.39 is 5.60 Å². The lowest BCUT2D eigenvalue weighted by Gasteiger charge is -2.26. The third-order valence-electron chi connectivity index (χ3n) is 4.57. The molecule has 0 radical (unpaired) electrons. The van der Waals surface area contributed by atoms with Crippen LogP contribution in [0.15, 0.2) is 30.3 Å². The molecule has 2 aliphatic rings. The molecular weight excluding hydrogens is 296 g/mol. The van der Waals surface area contributed by atoms with Crippen molar-refractivity contribution < 1.29 is 9.90 Å². The number of rotatable bonds is 5. The van der Waals surface area contributed by atoms with Crippen LogP contribution in [0.25, 0.3) is 0 Å². The second kappa shape index (κ2) is 7.02. The van der Waals surface area contributed by atoms with Gasteiger partial charge in [-0.2, -0.15) is 11.8 Å². The van der Waals surface area contributed by atoms with Gasteiger partial charge in [0, 0.05) is 18.8 Å². The second-order valence-electron chi connectivity index (χ2n) is 6.36. The van der Waals surface area contributed by atoms with Crippen molar-refractivity contribution in [2.75, 3.05) is 24.6 Å². The molecule has 2 unspecified atom stereocenters. The highest BCUT2D eigenvalue weighted by Gasteiger charge is 2.35. The van der Waals surface area contributed by atoms with Gasteiger partial charge in [0.25, 0.3) is 0 Å². The highest BCUT2D eigenvalue weighted by molar-refractivity contribution is 7.99. The number of thioether (sulfide) groups is 1. The number of nitrogens with zero attached hydrogens (tertiary/aromatic N) is 1. The highest BCUT2D eigenvalue weighted by atomic mass is 32.2. The molecule has 0 spiro atoms. The molecule has 3 rings (SSSR count). The van der Waals surface area contributed by atoms with Crippen LogP contribution in [0.2, 0.25) is 0 Å². The maximum Gasteiger partial charge on any atom is 0.237 e. The van der Waals surface area contributed by atoms with Crippen LogP contribution in [0.4, 0.5) is 0 Å². The smallest absolute Gasteiger partial charge is 0.237 e. The van der Waals surface area contributed by atoms with Gasteiger partial charge in [0.2, 0.25) is 5.91 Å². The first kappa shape index (κ1) is 15.8. The number of amides is 1. The number of hydrogen-bond acceptors (Lipinski definition) is 4. The zero-order chi connectivity index (χ0) is 15.4. The van der Waals surface area contributed by atoms with Crippen molar-refractivity contribution in [3.05, 3.63) is 35.9 Å². The predicted octanol–water partition coefficient (Wildman–Crippen LogP) is 1.64. The summed E-state index contributed by atoms with van der Waals surface area (Å²) in [7, 11) is 0. The fraction of sp³-hybridized carbons (Fsp3) is 0.588. The van der Waals surface area contributed by atoms with Crippen LogP contribution in [0.5, 0.6) is 0 Å².